The van der Waals surface area contributed by atoms with Gasteiger partial charge in [-0.25, -0.2) is 9.78 Å². The minimum absolute atomic E-state index is 0.0691. The lowest BCUT2D eigenvalue weighted by molar-refractivity contribution is -0.153. The second kappa shape index (κ2) is 10.5. The average molecular weight is 540 g/mol. The van der Waals surface area contributed by atoms with E-state index in [-0.39, 0.29) is 22.2 Å². The standard InChI is InChI=1S/C18H17N7O5S4/c1-30-24-11(8-5-33-17(19)21-8)14(26)22-12-9-6-32-10(13(16(28)29)25(9)15(12)27)3-2-4-31-18-23-20-7-34-18/h2,4-5,7,9,12H,3,6H2,1H3,(H2,19,21)(H,22,26)(H,28,29). The first-order valence-corrected chi connectivity index (χ1v) is 13.2. The number of nitrogens with one attached hydrogen (secondary N) is 1. The Balaban J connectivity index is 1.45. The van der Waals surface area contributed by atoms with E-state index in [2.05, 4.69) is 25.7 Å². The summed E-state index contributed by atoms with van der Waals surface area (Å²) in [6.07, 6.45) is 2.16. The number of aromatic nitrogens is 3. The van der Waals surface area contributed by atoms with E-state index >= 15 is 0 Å². The van der Waals surface area contributed by atoms with Crippen LogP contribution in [0.25, 0.3) is 0 Å². The third-order valence-corrected chi connectivity index (χ3v) is 8.28. The molecule has 4 N–H and O–H groups in total. The number of fused-ring (bicyclic) bond motifs is 1. The molecule has 0 saturated carbocycles. The molecule has 0 aromatic carbocycles. The maximum Gasteiger partial charge on any atom is 0.353 e. The fourth-order valence-corrected chi connectivity index (χ4v) is 6.29. The maximum atomic E-state index is 12.9. The fraction of sp³-hybridized carbons (Fsp3) is 0.278. The second-order valence-electron chi connectivity index (χ2n) is 6.71. The monoisotopic (exact) mass is 539 g/mol. The number of carbonyl (C=O) groups excluding carboxylic acids is 2. The molecule has 1 saturated heterocycles. The molecule has 1 fully saturated rings. The first-order valence-electron chi connectivity index (χ1n) is 9.54. The van der Waals surface area contributed by atoms with Crippen molar-refractivity contribution in [1.82, 2.24) is 25.4 Å². The van der Waals surface area contributed by atoms with Crippen LogP contribution in [0.4, 0.5) is 5.13 Å². The normalized spacial score (nSPS) is 20.3. The highest BCUT2D eigenvalue weighted by Crippen LogP contribution is 2.40. The van der Waals surface area contributed by atoms with E-state index in [4.69, 9.17) is 10.6 Å². The molecule has 178 valence electrons. The van der Waals surface area contributed by atoms with E-state index in [1.54, 1.807) is 10.9 Å². The van der Waals surface area contributed by atoms with Crippen LogP contribution in [-0.2, 0) is 19.2 Å². The summed E-state index contributed by atoms with van der Waals surface area (Å²) in [5.74, 6) is -1.94. The van der Waals surface area contributed by atoms with Crippen molar-refractivity contribution in [3.8, 4) is 0 Å². The number of carbonyl (C=O) groups is 3. The van der Waals surface area contributed by atoms with Crippen molar-refractivity contribution in [2.45, 2.75) is 22.8 Å². The van der Waals surface area contributed by atoms with Crippen molar-refractivity contribution in [3.05, 3.63) is 38.7 Å². The number of nitrogens with two attached hydrogens (primary N) is 1. The lowest BCUT2D eigenvalue weighted by Gasteiger charge is -2.49. The van der Waals surface area contributed by atoms with Crippen LogP contribution in [0.3, 0.4) is 0 Å². The van der Waals surface area contributed by atoms with Crippen molar-refractivity contribution < 1.29 is 24.3 Å². The Bertz CT molecular complexity index is 1190. The van der Waals surface area contributed by atoms with Gasteiger partial charge in [0.25, 0.3) is 11.8 Å². The van der Waals surface area contributed by atoms with E-state index in [0.29, 0.717) is 17.1 Å². The minimum atomic E-state index is -1.20. The molecule has 2 atom stereocenters. The molecule has 2 aromatic heterocycles. The van der Waals surface area contributed by atoms with Gasteiger partial charge in [-0.1, -0.05) is 34.3 Å². The van der Waals surface area contributed by atoms with E-state index < -0.39 is 29.9 Å². The molecule has 0 bridgehead atoms. The van der Waals surface area contributed by atoms with Gasteiger partial charge in [0.05, 0.1) is 6.04 Å². The number of nitrogens with zero attached hydrogens (tertiary/aromatic N) is 5. The molecular weight excluding hydrogens is 523 g/mol. The number of carboxylic acids is 1. The number of hydrogen-bond acceptors (Lipinski definition) is 13. The van der Waals surface area contributed by atoms with Crippen LogP contribution in [0.5, 0.6) is 0 Å². The Kier molecular flexibility index (Phi) is 7.50. The highest BCUT2D eigenvalue weighted by atomic mass is 32.2. The first-order chi connectivity index (χ1) is 16.4. The molecule has 0 spiro atoms. The second-order valence-corrected chi connectivity index (χ2v) is 10.7. The molecule has 0 radical (unpaired) electrons. The molecule has 2 amide bonds. The maximum absolute atomic E-state index is 12.9. The zero-order valence-electron chi connectivity index (χ0n) is 17.4. The third-order valence-electron chi connectivity index (χ3n) is 4.71. The predicted molar refractivity (Wildman–Crippen MR) is 129 cm³/mol. The fourth-order valence-electron chi connectivity index (χ4n) is 3.29. The topological polar surface area (TPSA) is 173 Å². The number of nitrogen functional groups attached to an aromatic ring is 1. The molecular formula is C18H17N7O5S4. The molecule has 4 rings (SSSR count). The van der Waals surface area contributed by atoms with Gasteiger partial charge in [0, 0.05) is 16.0 Å². The Morgan fingerprint density at radius 1 is 1.47 bits per heavy atom. The molecule has 4 heterocycles. The third kappa shape index (κ3) is 4.94. The van der Waals surface area contributed by atoms with Gasteiger partial charge in [-0.2, -0.15) is 0 Å². The number of aliphatic carboxylic acids is 1. The smallest absolute Gasteiger partial charge is 0.353 e. The summed E-state index contributed by atoms with van der Waals surface area (Å²) in [6.45, 7) is 0. The number of anilines is 1. The molecule has 2 unspecified atom stereocenters. The number of β-lactam (4-membered cyclic amide) rings is 1. The van der Waals surface area contributed by atoms with Crippen LogP contribution in [0, 0.1) is 0 Å². The van der Waals surface area contributed by atoms with Gasteiger partial charge in [0.2, 0.25) is 0 Å². The highest BCUT2D eigenvalue weighted by Gasteiger charge is 2.54. The summed E-state index contributed by atoms with van der Waals surface area (Å²) in [5.41, 5.74) is 7.28. The lowest BCUT2D eigenvalue weighted by Crippen LogP contribution is -2.73. The highest BCUT2D eigenvalue weighted by molar-refractivity contribution is 8.03. The zero-order valence-corrected chi connectivity index (χ0v) is 20.7. The summed E-state index contributed by atoms with van der Waals surface area (Å²) < 4.78 is 0.772. The zero-order chi connectivity index (χ0) is 24.2. The first kappa shape index (κ1) is 24.2. The molecule has 16 heteroatoms. The summed E-state index contributed by atoms with van der Waals surface area (Å²) in [6, 6.07) is -1.39. The minimum Gasteiger partial charge on any atom is -0.477 e. The lowest BCUT2D eigenvalue weighted by atomic mass is 9.94. The van der Waals surface area contributed by atoms with Gasteiger partial charge in [-0.05, 0) is 11.8 Å². The van der Waals surface area contributed by atoms with E-state index in [0.717, 1.165) is 15.7 Å². The van der Waals surface area contributed by atoms with Gasteiger partial charge in [-0.3, -0.25) is 14.5 Å². The summed E-state index contributed by atoms with van der Waals surface area (Å²) >= 11 is 5.26. The molecule has 34 heavy (non-hydrogen) atoms. The number of carboxylic acid groups (broad SMARTS) is 1. The van der Waals surface area contributed by atoms with Crippen molar-refractivity contribution in [2.24, 2.45) is 5.16 Å². The van der Waals surface area contributed by atoms with Crippen molar-refractivity contribution in [2.75, 3.05) is 18.6 Å². The Hall–Kier alpha value is -2.95. The van der Waals surface area contributed by atoms with Crippen LogP contribution in [0.2, 0.25) is 0 Å². The number of hydrogen-bond donors (Lipinski definition) is 3. The van der Waals surface area contributed by atoms with Crippen LogP contribution >= 0.6 is 46.2 Å². The number of allylic oxidation sites excluding steroid dienone is 2. The van der Waals surface area contributed by atoms with Crippen molar-refractivity contribution >= 4 is 74.8 Å². The van der Waals surface area contributed by atoms with E-state index in [9.17, 15) is 19.5 Å². The van der Waals surface area contributed by atoms with Gasteiger partial charge in [-0.15, -0.1) is 33.3 Å². The van der Waals surface area contributed by atoms with Crippen molar-refractivity contribution in [1.29, 1.82) is 0 Å². The van der Waals surface area contributed by atoms with Gasteiger partial charge >= 0.3 is 5.97 Å². The molecule has 2 aliphatic heterocycles. The van der Waals surface area contributed by atoms with Crippen LogP contribution in [-0.4, -0.2) is 73.6 Å². The average Bonchev–Trinajstić information content (AvgIpc) is 3.49. The molecule has 0 aliphatic carbocycles. The Labute approximate surface area is 209 Å². The Morgan fingerprint density at radius 3 is 2.94 bits per heavy atom. The van der Waals surface area contributed by atoms with Crippen LogP contribution in [0.15, 0.2) is 42.5 Å². The summed E-state index contributed by atoms with van der Waals surface area (Å²) in [7, 11) is 1.28. The SMILES string of the molecule is CON=C(C(=O)NC1C(=O)N2C(C(=O)O)=C(CC=CSc3nncs3)SCC12)c1csc(N)n1. The van der Waals surface area contributed by atoms with E-state index in [1.807, 2.05) is 11.5 Å². The summed E-state index contributed by atoms with van der Waals surface area (Å²) in [5, 5.41) is 27.4. The van der Waals surface area contributed by atoms with Gasteiger partial charge in [0.1, 0.15) is 30.1 Å². The Morgan fingerprint density at radius 2 is 2.29 bits per heavy atom. The van der Waals surface area contributed by atoms with E-state index in [1.165, 1.54) is 46.9 Å². The molecule has 12 nitrogen and oxygen atoms in total. The predicted octanol–water partition coefficient (Wildman–Crippen LogP) is 1.36. The number of thioether (sulfide) groups is 2. The quantitative estimate of drug-likeness (QED) is 0.182. The molecule has 2 aromatic rings. The number of thiazole rings is 1. The largest absolute Gasteiger partial charge is 0.477 e. The number of oxime groups is 1. The van der Waals surface area contributed by atoms with Gasteiger partial charge in [0.15, 0.2) is 15.2 Å². The van der Waals surface area contributed by atoms with Gasteiger partial charge < -0.3 is 21.0 Å². The van der Waals surface area contributed by atoms with Crippen LogP contribution in [0.1, 0.15) is 12.1 Å². The van der Waals surface area contributed by atoms with Crippen molar-refractivity contribution in [3.63, 3.8) is 0 Å². The molecule has 2 aliphatic rings. The van der Waals surface area contributed by atoms with Crippen LogP contribution < -0.4 is 11.1 Å². The number of rotatable bonds is 9. The number of amides is 2. The summed E-state index contributed by atoms with van der Waals surface area (Å²) in [4.78, 5) is 48.2.